The molecule has 1 aromatic carbocycles. The van der Waals surface area contributed by atoms with Gasteiger partial charge in [-0.1, -0.05) is 17.7 Å². The maximum atomic E-state index is 13.8. The molecule has 1 fully saturated rings. The van der Waals surface area contributed by atoms with Crippen LogP contribution in [0.3, 0.4) is 0 Å². The zero-order valence-electron chi connectivity index (χ0n) is 10.2. The number of carbonyl (C=O) groups excluding carboxylic acids is 1. The van der Waals surface area contributed by atoms with E-state index in [0.29, 0.717) is 12.5 Å². The molecule has 0 radical (unpaired) electrons. The fraction of sp³-hybridized carbons (Fsp3) is 0.462. The SMILES string of the molecule is CN(C(=O)c1cccc(Cl)c1F)C(CN)C1CC1. The van der Waals surface area contributed by atoms with Crippen LogP contribution in [0.2, 0.25) is 5.02 Å². The third-order valence-electron chi connectivity index (χ3n) is 3.41. The quantitative estimate of drug-likeness (QED) is 0.912. The van der Waals surface area contributed by atoms with Crippen molar-refractivity contribution in [3.8, 4) is 0 Å². The number of likely N-dealkylation sites (N-methyl/N-ethyl adjacent to an activating group) is 1. The lowest BCUT2D eigenvalue weighted by Gasteiger charge is -2.27. The molecule has 1 aromatic rings. The van der Waals surface area contributed by atoms with Crippen LogP contribution in [0.25, 0.3) is 0 Å². The molecular formula is C13H16ClFN2O. The lowest BCUT2D eigenvalue weighted by Crippen LogP contribution is -2.43. The maximum Gasteiger partial charge on any atom is 0.256 e. The molecule has 1 saturated carbocycles. The lowest BCUT2D eigenvalue weighted by molar-refractivity contribution is 0.0714. The van der Waals surface area contributed by atoms with Crippen molar-refractivity contribution < 1.29 is 9.18 Å². The maximum absolute atomic E-state index is 13.8. The second kappa shape index (κ2) is 5.24. The van der Waals surface area contributed by atoms with Gasteiger partial charge in [0.15, 0.2) is 5.82 Å². The Morgan fingerprint density at radius 1 is 1.61 bits per heavy atom. The van der Waals surface area contributed by atoms with E-state index in [0.717, 1.165) is 12.8 Å². The predicted octanol–water partition coefficient (Wildman–Crippen LogP) is 2.29. The summed E-state index contributed by atoms with van der Waals surface area (Å²) in [5, 5.41) is -0.0371. The Hall–Kier alpha value is -1.13. The van der Waals surface area contributed by atoms with E-state index in [1.165, 1.54) is 17.0 Å². The highest BCUT2D eigenvalue weighted by molar-refractivity contribution is 6.31. The Morgan fingerprint density at radius 2 is 2.28 bits per heavy atom. The van der Waals surface area contributed by atoms with Gasteiger partial charge in [-0.3, -0.25) is 4.79 Å². The molecular weight excluding hydrogens is 255 g/mol. The molecule has 5 heteroatoms. The molecule has 0 aromatic heterocycles. The number of nitrogens with two attached hydrogens (primary N) is 1. The van der Waals surface area contributed by atoms with E-state index in [9.17, 15) is 9.18 Å². The molecule has 2 rings (SSSR count). The van der Waals surface area contributed by atoms with Crippen molar-refractivity contribution >= 4 is 17.5 Å². The summed E-state index contributed by atoms with van der Waals surface area (Å²) in [6.45, 7) is 0.398. The van der Waals surface area contributed by atoms with E-state index in [2.05, 4.69) is 0 Å². The van der Waals surface area contributed by atoms with Gasteiger partial charge in [-0.15, -0.1) is 0 Å². The molecule has 18 heavy (non-hydrogen) atoms. The van der Waals surface area contributed by atoms with Crippen LogP contribution in [0.4, 0.5) is 4.39 Å². The van der Waals surface area contributed by atoms with E-state index < -0.39 is 5.82 Å². The molecule has 1 aliphatic carbocycles. The standard InChI is InChI=1S/C13H16ClFN2O/c1-17(11(7-16)8-5-6-8)13(18)9-3-2-4-10(14)12(9)15/h2-4,8,11H,5-7,16H2,1H3. The summed E-state index contributed by atoms with van der Waals surface area (Å²) >= 11 is 5.68. The summed E-state index contributed by atoms with van der Waals surface area (Å²) < 4.78 is 13.8. The summed E-state index contributed by atoms with van der Waals surface area (Å²) in [7, 11) is 1.67. The van der Waals surface area contributed by atoms with E-state index >= 15 is 0 Å². The number of hydrogen-bond acceptors (Lipinski definition) is 2. The fourth-order valence-electron chi connectivity index (χ4n) is 2.16. The molecule has 98 valence electrons. The minimum atomic E-state index is -0.664. The number of hydrogen-bond donors (Lipinski definition) is 1. The monoisotopic (exact) mass is 270 g/mol. The smallest absolute Gasteiger partial charge is 0.256 e. The summed E-state index contributed by atoms with van der Waals surface area (Å²) in [6.07, 6.45) is 2.16. The Balaban J connectivity index is 2.22. The largest absolute Gasteiger partial charge is 0.337 e. The molecule has 0 bridgehead atoms. The van der Waals surface area contributed by atoms with Crippen LogP contribution >= 0.6 is 11.6 Å². The molecule has 1 aliphatic rings. The fourth-order valence-corrected chi connectivity index (χ4v) is 2.33. The number of halogens is 2. The number of carbonyl (C=O) groups is 1. The minimum Gasteiger partial charge on any atom is -0.337 e. The average Bonchev–Trinajstić information content (AvgIpc) is 3.17. The zero-order valence-corrected chi connectivity index (χ0v) is 11.0. The van der Waals surface area contributed by atoms with Crippen LogP contribution < -0.4 is 5.73 Å². The van der Waals surface area contributed by atoms with Crippen molar-refractivity contribution in [2.75, 3.05) is 13.6 Å². The van der Waals surface area contributed by atoms with Gasteiger partial charge >= 0.3 is 0 Å². The van der Waals surface area contributed by atoms with Crippen molar-refractivity contribution in [1.82, 2.24) is 4.90 Å². The topological polar surface area (TPSA) is 46.3 Å². The van der Waals surface area contributed by atoms with Crippen molar-refractivity contribution in [1.29, 1.82) is 0 Å². The molecule has 3 nitrogen and oxygen atoms in total. The van der Waals surface area contributed by atoms with Gasteiger partial charge in [0, 0.05) is 19.6 Å². The van der Waals surface area contributed by atoms with Crippen LogP contribution in [0, 0.1) is 11.7 Å². The third-order valence-corrected chi connectivity index (χ3v) is 3.70. The van der Waals surface area contributed by atoms with Gasteiger partial charge in [0.05, 0.1) is 10.6 Å². The minimum absolute atomic E-state index is 0.00380. The third kappa shape index (κ3) is 2.49. The highest BCUT2D eigenvalue weighted by atomic mass is 35.5. The molecule has 1 unspecified atom stereocenters. The van der Waals surface area contributed by atoms with Crippen LogP contribution in [0.1, 0.15) is 23.2 Å². The van der Waals surface area contributed by atoms with Crippen molar-refractivity contribution in [2.45, 2.75) is 18.9 Å². The second-order valence-corrected chi connectivity index (χ2v) is 5.07. The van der Waals surface area contributed by atoms with Gasteiger partial charge in [-0.05, 0) is 30.9 Å². The highest BCUT2D eigenvalue weighted by Gasteiger charge is 2.35. The van der Waals surface area contributed by atoms with Crippen LogP contribution in [-0.2, 0) is 0 Å². The van der Waals surface area contributed by atoms with Crippen molar-refractivity contribution in [2.24, 2.45) is 11.7 Å². The summed E-state index contributed by atoms with van der Waals surface area (Å²) in [5.74, 6) is -0.578. The van der Waals surface area contributed by atoms with Gasteiger partial charge in [0.2, 0.25) is 0 Å². The first-order chi connectivity index (χ1) is 8.56. The Kier molecular flexibility index (Phi) is 3.88. The molecule has 0 aliphatic heterocycles. The Bertz CT molecular complexity index is 462. The van der Waals surface area contributed by atoms with E-state index in [1.54, 1.807) is 13.1 Å². The van der Waals surface area contributed by atoms with Gasteiger partial charge in [-0.25, -0.2) is 4.39 Å². The number of amides is 1. The summed E-state index contributed by atoms with van der Waals surface area (Å²) in [6, 6.07) is 4.42. The molecule has 2 N–H and O–H groups in total. The van der Waals surface area contributed by atoms with Crippen LogP contribution in [0.15, 0.2) is 18.2 Å². The normalized spacial score (nSPS) is 16.4. The second-order valence-electron chi connectivity index (χ2n) is 4.66. The van der Waals surface area contributed by atoms with Crippen LogP contribution in [-0.4, -0.2) is 30.4 Å². The molecule has 0 spiro atoms. The molecule has 0 heterocycles. The Morgan fingerprint density at radius 3 is 2.83 bits per heavy atom. The van der Waals surface area contributed by atoms with Gasteiger partial charge < -0.3 is 10.6 Å². The van der Waals surface area contributed by atoms with Gasteiger partial charge in [0.1, 0.15) is 0 Å². The first kappa shape index (κ1) is 13.3. The number of benzene rings is 1. The summed E-state index contributed by atoms with van der Waals surface area (Å²) in [5.41, 5.74) is 5.69. The molecule has 1 atom stereocenters. The van der Waals surface area contributed by atoms with Gasteiger partial charge in [-0.2, -0.15) is 0 Å². The number of nitrogens with zero attached hydrogens (tertiary/aromatic N) is 1. The van der Waals surface area contributed by atoms with Crippen molar-refractivity contribution in [3.05, 3.63) is 34.6 Å². The van der Waals surface area contributed by atoms with E-state index in [4.69, 9.17) is 17.3 Å². The molecule has 1 amide bonds. The summed E-state index contributed by atoms with van der Waals surface area (Å²) in [4.78, 5) is 13.8. The van der Waals surface area contributed by atoms with Crippen LogP contribution in [0.5, 0.6) is 0 Å². The average molecular weight is 271 g/mol. The van der Waals surface area contributed by atoms with Gasteiger partial charge in [0.25, 0.3) is 5.91 Å². The zero-order chi connectivity index (χ0) is 13.3. The Labute approximate surface area is 111 Å². The van der Waals surface area contributed by atoms with E-state index in [-0.39, 0.29) is 22.5 Å². The number of rotatable bonds is 4. The first-order valence-electron chi connectivity index (χ1n) is 5.97. The highest BCUT2D eigenvalue weighted by Crippen LogP contribution is 2.35. The predicted molar refractivity (Wildman–Crippen MR) is 69.1 cm³/mol. The van der Waals surface area contributed by atoms with Crippen molar-refractivity contribution in [3.63, 3.8) is 0 Å². The lowest BCUT2D eigenvalue weighted by atomic mass is 10.1. The first-order valence-corrected chi connectivity index (χ1v) is 6.35. The van der Waals surface area contributed by atoms with E-state index in [1.807, 2.05) is 0 Å². The molecule has 0 saturated heterocycles.